The number of halogens is 1. The Morgan fingerprint density at radius 1 is 1.23 bits per heavy atom. The summed E-state index contributed by atoms with van der Waals surface area (Å²) >= 11 is 8.17. The maximum Gasteiger partial charge on any atom is 0.304 e. The van der Waals surface area contributed by atoms with Gasteiger partial charge in [-0.15, -0.1) is 5.10 Å². The van der Waals surface area contributed by atoms with E-state index in [2.05, 4.69) is 20.3 Å². The Morgan fingerprint density at radius 2 is 1.95 bits per heavy atom. The molecular weight excluding hydrogens is 588 g/mol. The summed E-state index contributed by atoms with van der Waals surface area (Å²) in [6.07, 6.45) is -0.427. The van der Waals surface area contributed by atoms with Gasteiger partial charge in [-0.1, -0.05) is 39.9 Å². The molecule has 1 N–H and O–H groups in total. The number of ether oxygens (including phenoxy) is 4. The molecule has 0 radical (unpaired) electrons. The number of pyridine rings is 1. The zero-order valence-electron chi connectivity index (χ0n) is 21.1. The van der Waals surface area contributed by atoms with Crippen LogP contribution in [0.2, 0.25) is 5.02 Å². The normalized spacial score (nSPS) is 22.2. The highest BCUT2D eigenvalue weighted by molar-refractivity contribution is 7.99. The number of thiazole rings is 1. The maximum atomic E-state index is 12.3. The van der Waals surface area contributed by atoms with E-state index in [0.29, 0.717) is 16.3 Å². The third-order valence-electron chi connectivity index (χ3n) is 5.46. The van der Waals surface area contributed by atoms with Crippen molar-refractivity contribution >= 4 is 52.6 Å². The molecule has 0 saturated carbocycles. The number of hydrogen-bond acceptors (Lipinski definition) is 14. The predicted octanol–water partition coefficient (Wildman–Crippen LogP) is 2.10. The standard InChI is InChI=1S/C23H21ClN6O8S2/c1-10(31)35-8-18-20(36-11(2)32)19(30-7-16(28-29-30)17-9-39-23(34)27-17)21(37-12(3)33)22(38-18)40-13-4-14(24)15(5-25)26-6-13/h4,6-7,9,18-22H,8H2,1-3H3,(H,27,34)/t18?,19?,20-,21-,22+/m0/s1. The van der Waals surface area contributed by atoms with Crippen LogP contribution in [0.3, 0.4) is 0 Å². The molecule has 0 amide bonds. The number of nitriles is 1. The van der Waals surface area contributed by atoms with E-state index in [1.54, 1.807) is 5.38 Å². The molecule has 0 aromatic carbocycles. The van der Waals surface area contributed by atoms with Crippen LogP contribution in [0.5, 0.6) is 0 Å². The van der Waals surface area contributed by atoms with Crippen molar-refractivity contribution in [2.75, 3.05) is 6.61 Å². The first-order valence-electron chi connectivity index (χ1n) is 11.5. The lowest BCUT2D eigenvalue weighted by Crippen LogP contribution is -2.57. The summed E-state index contributed by atoms with van der Waals surface area (Å²) in [4.78, 5) is 54.6. The van der Waals surface area contributed by atoms with Crippen molar-refractivity contribution in [2.24, 2.45) is 0 Å². The average molecular weight is 609 g/mol. The summed E-state index contributed by atoms with van der Waals surface area (Å²) < 4.78 is 24.0. The number of carbonyl (C=O) groups is 3. The van der Waals surface area contributed by atoms with E-state index in [-0.39, 0.29) is 22.2 Å². The Morgan fingerprint density at radius 3 is 2.55 bits per heavy atom. The van der Waals surface area contributed by atoms with Crippen LogP contribution < -0.4 is 4.87 Å². The molecule has 0 bridgehead atoms. The van der Waals surface area contributed by atoms with Crippen molar-refractivity contribution in [2.45, 2.75) is 55.5 Å². The Balaban J connectivity index is 1.80. The molecule has 1 saturated heterocycles. The van der Waals surface area contributed by atoms with Gasteiger partial charge in [-0.05, 0) is 6.07 Å². The highest BCUT2D eigenvalue weighted by Crippen LogP contribution is 2.41. The van der Waals surface area contributed by atoms with Crippen LogP contribution in [-0.2, 0) is 33.3 Å². The van der Waals surface area contributed by atoms with E-state index in [9.17, 15) is 19.2 Å². The molecule has 5 atom stereocenters. The van der Waals surface area contributed by atoms with Gasteiger partial charge in [0.05, 0.1) is 16.9 Å². The van der Waals surface area contributed by atoms with Crippen molar-refractivity contribution in [3.63, 3.8) is 0 Å². The zero-order valence-corrected chi connectivity index (χ0v) is 23.5. The summed E-state index contributed by atoms with van der Waals surface area (Å²) in [5.41, 5.74) is -0.256. The van der Waals surface area contributed by atoms with Crippen molar-refractivity contribution in [1.82, 2.24) is 25.0 Å². The molecule has 1 aliphatic heterocycles. The van der Waals surface area contributed by atoms with Gasteiger partial charge in [0.25, 0.3) is 0 Å². The van der Waals surface area contributed by atoms with Crippen molar-refractivity contribution in [3.8, 4) is 17.5 Å². The molecule has 1 aliphatic rings. The minimum atomic E-state index is -1.16. The van der Waals surface area contributed by atoms with Crippen LogP contribution in [-0.4, -0.2) is 73.2 Å². The van der Waals surface area contributed by atoms with E-state index >= 15 is 0 Å². The lowest BCUT2D eigenvalue weighted by atomic mass is 9.96. The zero-order chi connectivity index (χ0) is 29.0. The topological polar surface area (TPSA) is 188 Å². The Kier molecular flexibility index (Phi) is 9.20. The van der Waals surface area contributed by atoms with Crippen LogP contribution in [0.1, 0.15) is 32.5 Å². The number of aromatic nitrogens is 5. The van der Waals surface area contributed by atoms with E-state index in [1.807, 2.05) is 6.07 Å². The van der Waals surface area contributed by atoms with Crippen LogP contribution in [0.4, 0.5) is 0 Å². The number of hydrogen-bond donors (Lipinski definition) is 1. The summed E-state index contributed by atoms with van der Waals surface area (Å²) in [7, 11) is 0. The molecule has 40 heavy (non-hydrogen) atoms. The molecule has 14 nitrogen and oxygen atoms in total. The molecule has 17 heteroatoms. The first-order chi connectivity index (χ1) is 19.0. The van der Waals surface area contributed by atoms with Gasteiger partial charge in [-0.3, -0.25) is 19.2 Å². The fourth-order valence-electron chi connectivity index (χ4n) is 3.93. The summed E-state index contributed by atoms with van der Waals surface area (Å²) in [5, 5.41) is 19.1. The highest BCUT2D eigenvalue weighted by Gasteiger charge is 2.52. The van der Waals surface area contributed by atoms with Crippen LogP contribution in [0.25, 0.3) is 11.4 Å². The third-order valence-corrected chi connectivity index (χ3v) is 7.52. The van der Waals surface area contributed by atoms with Crippen LogP contribution >= 0.6 is 34.7 Å². The molecule has 4 heterocycles. The number of thioether (sulfide) groups is 1. The first kappa shape index (κ1) is 29.2. The molecule has 2 unspecified atom stereocenters. The fourth-order valence-corrected chi connectivity index (χ4v) is 5.89. The van der Waals surface area contributed by atoms with Crippen molar-refractivity contribution < 1.29 is 33.3 Å². The number of esters is 3. The van der Waals surface area contributed by atoms with Gasteiger partial charge in [0, 0.05) is 37.2 Å². The fraction of sp³-hybridized carbons (Fsp3) is 0.391. The lowest BCUT2D eigenvalue weighted by Gasteiger charge is -2.44. The molecule has 4 rings (SSSR count). The summed E-state index contributed by atoms with van der Waals surface area (Å²) in [5.74, 6) is -1.94. The Bertz CT molecular complexity index is 1520. The monoisotopic (exact) mass is 608 g/mol. The van der Waals surface area contributed by atoms with E-state index in [1.165, 1.54) is 43.9 Å². The Hall–Kier alpha value is -3.78. The number of carbonyl (C=O) groups excluding carboxylic acids is 3. The van der Waals surface area contributed by atoms with Gasteiger partial charge in [-0.2, -0.15) is 5.26 Å². The van der Waals surface area contributed by atoms with Gasteiger partial charge in [-0.25, -0.2) is 9.67 Å². The smallest absolute Gasteiger partial charge is 0.304 e. The van der Waals surface area contributed by atoms with Gasteiger partial charge >= 0.3 is 22.8 Å². The lowest BCUT2D eigenvalue weighted by molar-refractivity contribution is -0.212. The Labute approximate surface area is 239 Å². The van der Waals surface area contributed by atoms with E-state index < -0.39 is 47.7 Å². The second-order valence-corrected chi connectivity index (χ2v) is 10.8. The molecule has 1 fully saturated rings. The number of nitrogens with zero attached hydrogens (tertiary/aromatic N) is 5. The van der Waals surface area contributed by atoms with Crippen molar-refractivity contribution in [1.29, 1.82) is 5.26 Å². The van der Waals surface area contributed by atoms with Gasteiger partial charge < -0.3 is 23.9 Å². The first-order valence-corrected chi connectivity index (χ1v) is 13.6. The summed E-state index contributed by atoms with van der Waals surface area (Å²) in [6, 6.07) is 2.36. The number of H-pyrrole nitrogens is 1. The van der Waals surface area contributed by atoms with Crippen molar-refractivity contribution in [3.05, 3.63) is 44.2 Å². The highest BCUT2D eigenvalue weighted by atomic mass is 35.5. The second-order valence-electron chi connectivity index (χ2n) is 8.36. The number of aromatic amines is 1. The minimum Gasteiger partial charge on any atom is -0.463 e. The van der Waals surface area contributed by atoms with Gasteiger partial charge in [0.2, 0.25) is 0 Å². The number of rotatable bonds is 8. The van der Waals surface area contributed by atoms with Crippen LogP contribution in [0.15, 0.2) is 33.5 Å². The average Bonchev–Trinajstić information content (AvgIpc) is 3.53. The second kappa shape index (κ2) is 12.6. The third kappa shape index (κ3) is 6.86. The SMILES string of the molecule is CC(=O)OCC1O[C@H](Sc2cnc(C#N)c(Cl)c2)[C@@H](OC(C)=O)C(n2cc(-c3csc(=O)[nH]3)nn2)[C@H]1OC(C)=O. The molecule has 3 aromatic rings. The molecule has 0 spiro atoms. The molecule has 0 aliphatic carbocycles. The quantitative estimate of drug-likeness (QED) is 0.289. The minimum absolute atomic E-state index is 0.0225. The largest absolute Gasteiger partial charge is 0.463 e. The molecule has 3 aromatic heterocycles. The molecular formula is C23H21ClN6O8S2. The molecule has 210 valence electrons. The number of nitrogens with one attached hydrogen (secondary N) is 1. The van der Waals surface area contributed by atoms with Crippen LogP contribution in [0, 0.1) is 11.3 Å². The maximum absolute atomic E-state index is 12.3. The van der Waals surface area contributed by atoms with Gasteiger partial charge in [0.15, 0.2) is 17.9 Å². The van der Waals surface area contributed by atoms with Gasteiger partial charge in [0.1, 0.15) is 36.0 Å². The van der Waals surface area contributed by atoms with E-state index in [0.717, 1.165) is 23.1 Å². The van der Waals surface area contributed by atoms with E-state index in [4.69, 9.17) is 35.8 Å². The summed E-state index contributed by atoms with van der Waals surface area (Å²) in [6.45, 7) is 3.30. The predicted molar refractivity (Wildman–Crippen MR) is 139 cm³/mol.